The molecule has 17 unspecified atom stereocenters. The van der Waals surface area contributed by atoms with E-state index in [2.05, 4.69) is 17.6 Å². The van der Waals surface area contributed by atoms with Gasteiger partial charge in [0.1, 0.15) is 41.2 Å². The first-order valence-electron chi connectivity index (χ1n) is 27.7. The van der Waals surface area contributed by atoms with Crippen molar-refractivity contribution in [1.29, 1.82) is 0 Å². The summed E-state index contributed by atoms with van der Waals surface area (Å²) >= 11 is 4.16. The van der Waals surface area contributed by atoms with E-state index in [1.165, 1.54) is 0 Å². The van der Waals surface area contributed by atoms with Crippen molar-refractivity contribution < 1.29 is 118 Å². The van der Waals surface area contributed by atoms with E-state index in [4.69, 9.17) is 159 Å². The second-order valence-electron chi connectivity index (χ2n) is 18.9. The minimum atomic E-state index is -1.08. The molecule has 0 aromatic carbocycles. The molecule has 0 radical (unpaired) electrons. The van der Waals surface area contributed by atoms with Gasteiger partial charge in [-0.15, -0.1) is 12.6 Å². The first-order chi connectivity index (χ1) is 41.6. The molecule has 6 heterocycles. The largest absolute Gasteiger partial charge is 0.480 e. The maximum absolute atomic E-state index is 10.6. The second-order valence-corrected chi connectivity index (χ2v) is 19.7. The third-order valence-corrected chi connectivity index (χ3v) is 13.4. The Bertz CT molecular complexity index is 1800. The molecule has 6 aliphatic heterocycles. The number of guanidine groups is 1. The van der Waals surface area contributed by atoms with Gasteiger partial charge in [0.15, 0.2) is 5.96 Å². The number of nitrogens with two attached hydrogens (primary N) is 12. The number of aliphatic hydroxyl groups is 6. The van der Waals surface area contributed by atoms with Crippen LogP contribution in [0.2, 0.25) is 0 Å². The molecule has 6 saturated heterocycles. The van der Waals surface area contributed by atoms with Gasteiger partial charge < -0.3 is 159 Å². The SMILES string of the molecule is CO.CO.CO.CO.CO.CO.NC(C(=O)O)C1(S)CCCCO1.NC(N)=NC1CCOC(C(N)C(=O)O)C1.NC1CCC(C(N)C(=O)O)OC1.NC1CCCOC1C(N)C(=O)O.NC1CCOC(C(N)C(=O)O)C1.NCC1CCCC(C(N)C(=O)O)O1. The maximum atomic E-state index is 10.6. The Hall–Kier alpha value is -4.44. The van der Waals surface area contributed by atoms with Gasteiger partial charge in [-0.05, 0) is 89.9 Å². The van der Waals surface area contributed by atoms with Gasteiger partial charge in [0.25, 0.3) is 0 Å². The molecule has 6 fully saturated rings. The van der Waals surface area contributed by atoms with Crippen LogP contribution in [0.5, 0.6) is 0 Å². The molecule has 0 saturated carbocycles. The molecule has 88 heavy (non-hydrogen) atoms. The van der Waals surface area contributed by atoms with Gasteiger partial charge >= 0.3 is 35.8 Å². The topological polar surface area (TPSA) is 725 Å². The summed E-state index contributed by atoms with van der Waals surface area (Å²) in [6.45, 7) is 2.87. The zero-order valence-corrected chi connectivity index (χ0v) is 52.4. The van der Waals surface area contributed by atoms with Gasteiger partial charge in [0.2, 0.25) is 0 Å². The highest BCUT2D eigenvalue weighted by Crippen LogP contribution is 2.31. The zero-order valence-electron chi connectivity index (χ0n) is 51.5. The lowest BCUT2D eigenvalue weighted by Crippen LogP contribution is -2.54. The van der Waals surface area contributed by atoms with Crippen LogP contribution in [0.3, 0.4) is 0 Å². The summed E-state index contributed by atoms with van der Waals surface area (Å²) in [4.78, 5) is 66.1. The summed E-state index contributed by atoms with van der Waals surface area (Å²) in [6.07, 6.45) is 8.29. The number of nitrogens with zero attached hydrogens (tertiary/aromatic N) is 1. The van der Waals surface area contributed by atoms with Crippen LogP contribution in [0, 0.1) is 0 Å². The molecule has 0 aliphatic carbocycles. The fourth-order valence-electron chi connectivity index (χ4n) is 8.15. The summed E-state index contributed by atoms with van der Waals surface area (Å²) < 4.78 is 31.5. The molecule has 38 heteroatoms. The third-order valence-electron chi connectivity index (χ3n) is 12.8. The maximum Gasteiger partial charge on any atom is 0.324 e. The number of ether oxygens (including phenoxy) is 6. The lowest BCUT2D eigenvalue weighted by Gasteiger charge is -2.35. The molecular weight excluding hydrogens is 1200 g/mol. The summed E-state index contributed by atoms with van der Waals surface area (Å²) in [5, 5.41) is 93.7. The Morgan fingerprint density at radius 1 is 0.489 bits per heavy atom. The van der Waals surface area contributed by atoms with E-state index in [0.29, 0.717) is 78.1 Å². The number of thiol groups is 1. The van der Waals surface area contributed by atoms with Gasteiger partial charge in [-0.1, -0.05) is 0 Å². The lowest BCUT2D eigenvalue weighted by atomic mass is 9.98. The summed E-state index contributed by atoms with van der Waals surface area (Å²) in [5.74, 6) is -6.26. The number of hydrogen-bond acceptors (Lipinski definition) is 30. The number of carboxylic acids is 6. The molecule has 0 aromatic heterocycles. The van der Waals surface area contributed by atoms with Crippen molar-refractivity contribution in [2.24, 2.45) is 73.8 Å². The van der Waals surface area contributed by atoms with Crippen LogP contribution < -0.4 is 68.8 Å². The van der Waals surface area contributed by atoms with E-state index in [9.17, 15) is 28.8 Å². The summed E-state index contributed by atoms with van der Waals surface area (Å²) in [6, 6.07) is -6.15. The van der Waals surface area contributed by atoms with E-state index in [-0.39, 0.29) is 48.4 Å². The number of hydrogen-bond donors (Lipinski definition) is 25. The fourth-order valence-corrected chi connectivity index (χ4v) is 8.51. The molecule has 36 N–H and O–H groups in total. The standard InChI is InChI=1S/C8H16N4O3.C8H16N2O3.3C7H14N2O3.C7H13NO3S.6CH4O/c9-6(7(13)14)5-3-4(1-2-15-5)12-8(10)11;9-4-5-2-1-3-6(13-5)7(10)8(11)12;8-4-1-2-12-5(3-4)6(9)7(10)11;8-4-1-2-5(12-3-4)6(9)7(10)11;8-4-2-1-3-12-6(4)5(9)7(10)11;8-5(6(9)10)7(12)3-1-2-4-11-7;6*1-2/h4-6H,1-3,9H2,(H,13,14)(H4,10,11,12);5-7H,1-4,9-10H2,(H,11,12);3*4-6H,1-3,8-9H2,(H,10,11);5,12H,1-4,8H2,(H,9,10);6*2H,1H3. The van der Waals surface area contributed by atoms with Gasteiger partial charge in [-0.25, -0.2) is 0 Å². The van der Waals surface area contributed by atoms with Gasteiger partial charge in [-0.2, -0.15) is 0 Å². The monoisotopic (exact) mass is 1310 g/mol. The Balaban J connectivity index is -0.000000221. The minimum Gasteiger partial charge on any atom is -0.480 e. The van der Waals surface area contributed by atoms with Crippen LogP contribution in [0.25, 0.3) is 0 Å². The molecular formula is C50H111N13O24S. The van der Waals surface area contributed by atoms with Crippen LogP contribution in [-0.2, 0) is 57.2 Å². The van der Waals surface area contributed by atoms with Crippen LogP contribution >= 0.6 is 12.6 Å². The van der Waals surface area contributed by atoms with Crippen molar-refractivity contribution in [1.82, 2.24) is 0 Å². The van der Waals surface area contributed by atoms with E-state index in [1.54, 1.807) is 0 Å². The molecule has 0 amide bonds. The number of carbonyl (C=O) groups is 6. The molecule has 37 nitrogen and oxygen atoms in total. The Morgan fingerprint density at radius 2 is 0.955 bits per heavy atom. The van der Waals surface area contributed by atoms with Crippen LogP contribution in [0.1, 0.15) is 89.9 Å². The van der Waals surface area contributed by atoms with E-state index in [1.807, 2.05) is 0 Å². The average molecular weight is 1310 g/mol. The molecule has 6 rings (SSSR count). The molecule has 17 atom stereocenters. The van der Waals surface area contributed by atoms with Crippen molar-refractivity contribution >= 4 is 54.4 Å². The lowest BCUT2D eigenvalue weighted by molar-refractivity contribution is -0.146. The highest BCUT2D eigenvalue weighted by Gasteiger charge is 2.40. The number of aliphatic imine (C=N–C) groups is 1. The van der Waals surface area contributed by atoms with Gasteiger partial charge in [-0.3, -0.25) is 33.8 Å². The minimum absolute atomic E-state index is 0.00421. The fraction of sp³-hybridized carbons (Fsp3) is 0.860. The second kappa shape index (κ2) is 57.7. The Kier molecular flexibility index (Phi) is 62.1. The number of aliphatic carboxylic acids is 6. The average Bonchev–Trinajstić information content (AvgIpc) is 3.74. The Labute approximate surface area is 519 Å². The van der Waals surface area contributed by atoms with Crippen molar-refractivity contribution in [3.05, 3.63) is 0 Å². The third kappa shape index (κ3) is 41.8. The number of carboxylic acid groups (broad SMARTS) is 6. The van der Waals surface area contributed by atoms with E-state index < -0.39 is 95.3 Å². The highest BCUT2D eigenvalue weighted by atomic mass is 32.1. The van der Waals surface area contributed by atoms with Crippen LogP contribution in [-0.4, -0.2) is 287 Å². The van der Waals surface area contributed by atoms with Crippen molar-refractivity contribution in [3.63, 3.8) is 0 Å². The van der Waals surface area contributed by atoms with Crippen LogP contribution in [0.15, 0.2) is 4.99 Å². The highest BCUT2D eigenvalue weighted by molar-refractivity contribution is 7.81. The Morgan fingerprint density at radius 3 is 1.35 bits per heavy atom. The van der Waals surface area contributed by atoms with Gasteiger partial charge in [0.05, 0.1) is 49.3 Å². The number of rotatable bonds is 14. The molecule has 0 bridgehead atoms. The first-order valence-corrected chi connectivity index (χ1v) is 28.1. The molecule has 0 spiro atoms. The first kappa shape index (κ1) is 94.7. The van der Waals surface area contributed by atoms with Crippen molar-refractivity contribution in [3.8, 4) is 0 Å². The zero-order chi connectivity index (χ0) is 69.9. The smallest absolute Gasteiger partial charge is 0.324 e. The van der Waals surface area contributed by atoms with Crippen LogP contribution in [0.4, 0.5) is 0 Å². The summed E-state index contributed by atoms with van der Waals surface area (Å²) in [7, 11) is 6.00. The normalized spacial score (nSPS) is 27.7. The van der Waals surface area contributed by atoms with E-state index in [0.717, 1.165) is 94.0 Å². The predicted molar refractivity (Wildman–Crippen MR) is 325 cm³/mol. The van der Waals surface area contributed by atoms with Crippen molar-refractivity contribution in [2.45, 2.75) is 192 Å². The quantitative estimate of drug-likeness (QED) is 0.0436. The number of aliphatic hydroxyl groups excluding tert-OH is 6. The van der Waals surface area contributed by atoms with E-state index >= 15 is 0 Å². The molecule has 526 valence electrons. The molecule has 6 aliphatic rings. The van der Waals surface area contributed by atoms with Crippen molar-refractivity contribution in [2.75, 3.05) is 82.2 Å². The molecule has 0 aromatic rings. The summed E-state index contributed by atoms with van der Waals surface area (Å²) in [5.41, 5.74) is 65.2. The predicted octanol–water partition coefficient (Wildman–Crippen LogP) is -7.90. The van der Waals surface area contributed by atoms with Gasteiger partial charge in [0, 0.05) is 93.8 Å².